The molecule has 0 bridgehead atoms. The molecule has 2 N–H and O–H groups in total. The van der Waals surface area contributed by atoms with Crippen molar-refractivity contribution in [2.24, 2.45) is 4.99 Å². The minimum absolute atomic E-state index is 0.517. The van der Waals surface area contributed by atoms with Crippen LogP contribution >= 0.6 is 15.9 Å². The molecule has 1 atom stereocenters. The van der Waals surface area contributed by atoms with Crippen LogP contribution in [0, 0.1) is 0 Å². The molecule has 2 heterocycles. The summed E-state index contributed by atoms with van der Waals surface area (Å²) in [5.41, 5.74) is 1.39. The number of likely N-dealkylation sites (tertiary alicyclic amines) is 2. The Morgan fingerprint density at radius 3 is 2.50 bits per heavy atom. The Labute approximate surface area is 166 Å². The van der Waals surface area contributed by atoms with Gasteiger partial charge in [-0.1, -0.05) is 28.1 Å². The van der Waals surface area contributed by atoms with Gasteiger partial charge in [-0.05, 0) is 57.0 Å². The highest BCUT2D eigenvalue weighted by molar-refractivity contribution is 9.10. The molecule has 0 spiro atoms. The molecule has 0 aliphatic carbocycles. The Balaban J connectivity index is 1.39. The summed E-state index contributed by atoms with van der Waals surface area (Å²) in [4.78, 5) is 9.41. The SMILES string of the molecule is CN=C(NCC1CCCN1C)NC1CCN(Cc2ccc(Br)cc2)CC1. The maximum atomic E-state index is 4.42. The minimum atomic E-state index is 0.517. The summed E-state index contributed by atoms with van der Waals surface area (Å²) in [6, 6.07) is 9.83. The molecule has 3 rings (SSSR count). The predicted molar refractivity (Wildman–Crippen MR) is 113 cm³/mol. The Morgan fingerprint density at radius 1 is 1.15 bits per heavy atom. The van der Waals surface area contributed by atoms with E-state index in [9.17, 15) is 0 Å². The van der Waals surface area contributed by atoms with Gasteiger partial charge in [0.1, 0.15) is 0 Å². The highest BCUT2D eigenvalue weighted by atomic mass is 79.9. The molecule has 26 heavy (non-hydrogen) atoms. The molecule has 0 aromatic heterocycles. The molecule has 1 aromatic rings. The zero-order chi connectivity index (χ0) is 18.4. The van der Waals surface area contributed by atoms with Gasteiger partial charge in [-0.2, -0.15) is 0 Å². The topological polar surface area (TPSA) is 42.9 Å². The van der Waals surface area contributed by atoms with E-state index in [-0.39, 0.29) is 0 Å². The van der Waals surface area contributed by atoms with Crippen molar-refractivity contribution in [3.63, 3.8) is 0 Å². The van der Waals surface area contributed by atoms with E-state index < -0.39 is 0 Å². The molecule has 0 radical (unpaired) electrons. The summed E-state index contributed by atoms with van der Waals surface area (Å²) in [5.74, 6) is 0.955. The normalized spacial score (nSPS) is 23.3. The first-order valence-electron chi connectivity index (χ1n) is 9.78. The van der Waals surface area contributed by atoms with Crippen LogP contribution in [0.25, 0.3) is 0 Å². The molecule has 144 valence electrons. The fourth-order valence-corrected chi connectivity index (χ4v) is 4.19. The molecule has 1 unspecified atom stereocenters. The first kappa shape index (κ1) is 19.6. The molecular weight excluding hydrogens is 390 g/mol. The number of hydrogen-bond donors (Lipinski definition) is 2. The molecule has 0 saturated carbocycles. The summed E-state index contributed by atoms with van der Waals surface area (Å²) in [7, 11) is 4.09. The Morgan fingerprint density at radius 2 is 1.88 bits per heavy atom. The highest BCUT2D eigenvalue weighted by Crippen LogP contribution is 2.16. The van der Waals surface area contributed by atoms with Crippen molar-refractivity contribution in [3.8, 4) is 0 Å². The van der Waals surface area contributed by atoms with Crippen LogP contribution in [0.15, 0.2) is 33.7 Å². The van der Waals surface area contributed by atoms with Crippen LogP contribution in [0.4, 0.5) is 0 Å². The van der Waals surface area contributed by atoms with Gasteiger partial charge in [0.05, 0.1) is 0 Å². The number of halogens is 1. The molecule has 2 aliphatic rings. The summed E-state index contributed by atoms with van der Waals surface area (Å²) < 4.78 is 1.15. The maximum absolute atomic E-state index is 4.42. The quantitative estimate of drug-likeness (QED) is 0.566. The number of nitrogens with zero attached hydrogens (tertiary/aromatic N) is 3. The number of piperidine rings is 1. The number of guanidine groups is 1. The Kier molecular flexibility index (Phi) is 7.34. The first-order chi connectivity index (χ1) is 12.6. The third kappa shape index (κ3) is 5.69. The fourth-order valence-electron chi connectivity index (χ4n) is 3.92. The van der Waals surface area contributed by atoms with Crippen molar-refractivity contribution in [2.45, 2.75) is 44.3 Å². The third-order valence-corrected chi connectivity index (χ3v) is 6.18. The van der Waals surface area contributed by atoms with Gasteiger partial charge in [0.2, 0.25) is 0 Å². The standard InChI is InChI=1S/C20H32BrN5/c1-22-20(23-14-19-4-3-11-25(19)2)24-18-9-12-26(13-10-18)15-16-5-7-17(21)8-6-16/h5-8,18-19H,3-4,9-15H2,1-2H3,(H2,22,23,24). The van der Waals surface area contributed by atoms with Crippen molar-refractivity contribution in [1.29, 1.82) is 0 Å². The van der Waals surface area contributed by atoms with E-state index in [2.05, 4.69) is 72.7 Å². The smallest absolute Gasteiger partial charge is 0.191 e. The van der Waals surface area contributed by atoms with E-state index in [1.807, 2.05) is 7.05 Å². The van der Waals surface area contributed by atoms with Gasteiger partial charge in [0.15, 0.2) is 5.96 Å². The van der Waals surface area contributed by atoms with Crippen molar-refractivity contribution < 1.29 is 0 Å². The lowest BCUT2D eigenvalue weighted by atomic mass is 10.0. The summed E-state index contributed by atoms with van der Waals surface area (Å²) in [6.45, 7) is 5.51. The lowest BCUT2D eigenvalue weighted by Gasteiger charge is -2.33. The van der Waals surface area contributed by atoms with E-state index >= 15 is 0 Å². The zero-order valence-electron chi connectivity index (χ0n) is 16.0. The van der Waals surface area contributed by atoms with Gasteiger partial charge in [-0.3, -0.25) is 9.89 Å². The average molecular weight is 422 g/mol. The second-order valence-corrected chi connectivity index (χ2v) is 8.47. The molecule has 2 aliphatic heterocycles. The van der Waals surface area contributed by atoms with Gasteiger partial charge >= 0.3 is 0 Å². The molecule has 6 heteroatoms. The number of likely N-dealkylation sites (N-methyl/N-ethyl adjacent to an activating group) is 1. The zero-order valence-corrected chi connectivity index (χ0v) is 17.6. The Hall–Kier alpha value is -1.11. The lowest BCUT2D eigenvalue weighted by molar-refractivity contribution is 0.198. The summed E-state index contributed by atoms with van der Waals surface area (Å²) >= 11 is 3.50. The van der Waals surface area contributed by atoms with Crippen LogP contribution in [0.2, 0.25) is 0 Å². The summed E-state index contributed by atoms with van der Waals surface area (Å²) in [5, 5.41) is 7.15. The number of aliphatic imine (C=N–C) groups is 1. The number of rotatable bonds is 5. The van der Waals surface area contributed by atoms with Gasteiger partial charge in [0.25, 0.3) is 0 Å². The molecule has 1 aromatic carbocycles. The fraction of sp³-hybridized carbons (Fsp3) is 0.650. The minimum Gasteiger partial charge on any atom is -0.355 e. The van der Waals surface area contributed by atoms with Gasteiger partial charge < -0.3 is 15.5 Å². The monoisotopic (exact) mass is 421 g/mol. The second kappa shape index (κ2) is 9.72. The van der Waals surface area contributed by atoms with Crippen molar-refractivity contribution >= 4 is 21.9 Å². The van der Waals surface area contributed by atoms with Crippen LogP contribution in [-0.2, 0) is 6.54 Å². The van der Waals surface area contributed by atoms with Crippen LogP contribution in [0.3, 0.4) is 0 Å². The van der Waals surface area contributed by atoms with Crippen LogP contribution in [0.5, 0.6) is 0 Å². The average Bonchev–Trinajstić information content (AvgIpc) is 3.07. The van der Waals surface area contributed by atoms with E-state index in [1.165, 1.54) is 37.8 Å². The van der Waals surface area contributed by atoms with Gasteiger partial charge in [0, 0.05) is 49.8 Å². The molecular formula is C20H32BrN5. The lowest BCUT2D eigenvalue weighted by Crippen LogP contribution is -2.50. The first-order valence-corrected chi connectivity index (χ1v) is 10.6. The number of benzene rings is 1. The predicted octanol–water partition coefficient (Wildman–Crippen LogP) is 2.67. The number of nitrogens with one attached hydrogen (secondary N) is 2. The number of hydrogen-bond acceptors (Lipinski definition) is 3. The van der Waals surface area contributed by atoms with Crippen molar-refractivity contribution in [3.05, 3.63) is 34.3 Å². The molecule has 0 amide bonds. The molecule has 2 saturated heterocycles. The highest BCUT2D eigenvalue weighted by Gasteiger charge is 2.22. The van der Waals surface area contributed by atoms with E-state index in [4.69, 9.17) is 0 Å². The molecule has 2 fully saturated rings. The Bertz CT molecular complexity index is 580. The van der Waals surface area contributed by atoms with Gasteiger partial charge in [-0.15, -0.1) is 0 Å². The second-order valence-electron chi connectivity index (χ2n) is 7.55. The van der Waals surface area contributed by atoms with E-state index in [0.717, 1.165) is 36.6 Å². The molecule has 5 nitrogen and oxygen atoms in total. The van der Waals surface area contributed by atoms with Crippen LogP contribution in [-0.4, -0.2) is 68.1 Å². The summed E-state index contributed by atoms with van der Waals surface area (Å²) in [6.07, 6.45) is 4.93. The van der Waals surface area contributed by atoms with Crippen molar-refractivity contribution in [1.82, 2.24) is 20.4 Å². The largest absolute Gasteiger partial charge is 0.355 e. The van der Waals surface area contributed by atoms with Crippen molar-refractivity contribution in [2.75, 3.05) is 40.3 Å². The maximum Gasteiger partial charge on any atom is 0.191 e. The van der Waals surface area contributed by atoms with E-state index in [0.29, 0.717) is 12.1 Å². The van der Waals surface area contributed by atoms with Gasteiger partial charge in [-0.25, -0.2) is 0 Å². The van der Waals surface area contributed by atoms with Crippen LogP contribution in [0.1, 0.15) is 31.2 Å². The van der Waals surface area contributed by atoms with E-state index in [1.54, 1.807) is 0 Å². The van der Waals surface area contributed by atoms with Crippen LogP contribution < -0.4 is 10.6 Å². The third-order valence-electron chi connectivity index (χ3n) is 5.65.